The van der Waals surface area contributed by atoms with E-state index in [0.717, 1.165) is 0 Å². The summed E-state index contributed by atoms with van der Waals surface area (Å²) in [6.07, 6.45) is -0.208. The molecule has 0 radical (unpaired) electrons. The van der Waals surface area contributed by atoms with Gasteiger partial charge in [0.05, 0.1) is 24.2 Å². The SMILES string of the molecule is CC(C)Oc1cc(CO)c(CO)cc1[N+](=O)[O-]. The van der Waals surface area contributed by atoms with Crippen LogP contribution < -0.4 is 4.74 Å². The summed E-state index contributed by atoms with van der Waals surface area (Å²) in [7, 11) is 0. The Morgan fingerprint density at radius 1 is 1.29 bits per heavy atom. The van der Waals surface area contributed by atoms with Crippen LogP contribution in [0, 0.1) is 10.1 Å². The van der Waals surface area contributed by atoms with Gasteiger partial charge in [-0.05, 0) is 31.0 Å². The van der Waals surface area contributed by atoms with E-state index in [4.69, 9.17) is 14.9 Å². The van der Waals surface area contributed by atoms with Gasteiger partial charge in [0, 0.05) is 6.07 Å². The van der Waals surface area contributed by atoms with Crippen LogP contribution in [-0.2, 0) is 13.2 Å². The summed E-state index contributed by atoms with van der Waals surface area (Å²) < 4.78 is 5.31. The summed E-state index contributed by atoms with van der Waals surface area (Å²) in [4.78, 5) is 10.3. The van der Waals surface area contributed by atoms with Gasteiger partial charge in [-0.25, -0.2) is 0 Å². The molecular weight excluding hydrogens is 226 g/mol. The Hall–Kier alpha value is -1.66. The highest BCUT2D eigenvalue weighted by atomic mass is 16.6. The predicted molar refractivity (Wildman–Crippen MR) is 60.7 cm³/mol. The Kier molecular flexibility index (Phi) is 4.42. The number of rotatable bonds is 5. The Balaban J connectivity index is 3.29. The molecule has 0 aromatic heterocycles. The third kappa shape index (κ3) is 3.15. The number of ether oxygens (including phenoxy) is 1. The highest BCUT2D eigenvalue weighted by Gasteiger charge is 2.19. The maximum absolute atomic E-state index is 10.9. The Morgan fingerprint density at radius 3 is 2.24 bits per heavy atom. The second kappa shape index (κ2) is 5.60. The van der Waals surface area contributed by atoms with E-state index in [9.17, 15) is 10.1 Å². The summed E-state index contributed by atoms with van der Waals surface area (Å²) in [5, 5.41) is 29.0. The zero-order chi connectivity index (χ0) is 13.0. The molecule has 0 saturated carbocycles. The quantitative estimate of drug-likeness (QED) is 0.599. The number of hydrogen-bond donors (Lipinski definition) is 2. The smallest absolute Gasteiger partial charge is 0.311 e. The molecule has 17 heavy (non-hydrogen) atoms. The minimum absolute atomic E-state index is 0.103. The van der Waals surface area contributed by atoms with Crippen LogP contribution in [0.4, 0.5) is 5.69 Å². The van der Waals surface area contributed by atoms with Crippen molar-refractivity contribution in [3.63, 3.8) is 0 Å². The number of nitro benzene ring substituents is 1. The molecule has 0 unspecified atom stereocenters. The first-order chi connectivity index (χ1) is 7.99. The number of nitrogens with zero attached hydrogens (tertiary/aromatic N) is 1. The van der Waals surface area contributed by atoms with Crippen molar-refractivity contribution in [3.05, 3.63) is 33.4 Å². The third-order valence-electron chi connectivity index (χ3n) is 2.18. The van der Waals surface area contributed by atoms with Crippen LogP contribution in [0.5, 0.6) is 5.75 Å². The zero-order valence-electron chi connectivity index (χ0n) is 9.71. The molecule has 0 atom stereocenters. The largest absolute Gasteiger partial charge is 0.484 e. The van der Waals surface area contributed by atoms with E-state index in [1.807, 2.05) is 0 Å². The minimum atomic E-state index is -0.571. The van der Waals surface area contributed by atoms with Crippen molar-refractivity contribution in [2.45, 2.75) is 33.2 Å². The Labute approximate surface area is 98.6 Å². The highest BCUT2D eigenvalue weighted by Crippen LogP contribution is 2.31. The van der Waals surface area contributed by atoms with Crippen LogP contribution in [0.2, 0.25) is 0 Å². The van der Waals surface area contributed by atoms with E-state index in [0.29, 0.717) is 11.1 Å². The Morgan fingerprint density at radius 2 is 1.82 bits per heavy atom. The zero-order valence-corrected chi connectivity index (χ0v) is 9.71. The maximum atomic E-state index is 10.9. The summed E-state index contributed by atoms with van der Waals surface area (Å²) in [6.45, 7) is 2.84. The molecule has 0 bridgehead atoms. The lowest BCUT2D eigenvalue weighted by molar-refractivity contribution is -0.386. The fraction of sp³-hybridized carbons (Fsp3) is 0.455. The number of aliphatic hydroxyl groups excluding tert-OH is 2. The van der Waals surface area contributed by atoms with Gasteiger partial charge in [-0.3, -0.25) is 10.1 Å². The van der Waals surface area contributed by atoms with E-state index < -0.39 is 4.92 Å². The van der Waals surface area contributed by atoms with Gasteiger partial charge in [0.2, 0.25) is 0 Å². The van der Waals surface area contributed by atoms with Crippen LogP contribution in [0.3, 0.4) is 0 Å². The molecule has 94 valence electrons. The van der Waals surface area contributed by atoms with Crippen molar-refractivity contribution in [1.82, 2.24) is 0 Å². The minimum Gasteiger partial charge on any atom is -0.484 e. The standard InChI is InChI=1S/C11H15NO5/c1-7(2)17-11-4-9(6-14)8(5-13)3-10(11)12(15)16/h3-4,7,13-14H,5-6H2,1-2H3. The van der Waals surface area contributed by atoms with Crippen LogP contribution in [-0.4, -0.2) is 21.2 Å². The second-order valence-electron chi connectivity index (χ2n) is 3.83. The lowest BCUT2D eigenvalue weighted by Crippen LogP contribution is -2.09. The van der Waals surface area contributed by atoms with Crippen molar-refractivity contribution >= 4 is 5.69 Å². The van der Waals surface area contributed by atoms with Gasteiger partial charge in [0.15, 0.2) is 5.75 Å². The van der Waals surface area contributed by atoms with Gasteiger partial charge >= 0.3 is 5.69 Å². The summed E-state index contributed by atoms with van der Waals surface area (Å²) in [5.41, 5.74) is 0.545. The van der Waals surface area contributed by atoms with Crippen LogP contribution in [0.15, 0.2) is 12.1 Å². The van der Waals surface area contributed by atoms with Crippen LogP contribution in [0.25, 0.3) is 0 Å². The van der Waals surface area contributed by atoms with Gasteiger partial charge in [-0.2, -0.15) is 0 Å². The highest BCUT2D eigenvalue weighted by molar-refractivity contribution is 5.52. The molecule has 0 fully saturated rings. The van der Waals surface area contributed by atoms with Gasteiger partial charge in [0.25, 0.3) is 0 Å². The van der Waals surface area contributed by atoms with Crippen LogP contribution in [0.1, 0.15) is 25.0 Å². The summed E-state index contributed by atoms with van der Waals surface area (Å²) in [5.74, 6) is 0.103. The molecule has 0 spiro atoms. The first-order valence-corrected chi connectivity index (χ1v) is 5.18. The van der Waals surface area contributed by atoms with E-state index in [2.05, 4.69) is 0 Å². The molecule has 0 aliphatic rings. The molecule has 0 amide bonds. The van der Waals surface area contributed by atoms with E-state index in [1.54, 1.807) is 13.8 Å². The van der Waals surface area contributed by atoms with E-state index >= 15 is 0 Å². The molecule has 0 saturated heterocycles. The molecule has 6 heteroatoms. The van der Waals surface area contributed by atoms with E-state index in [-0.39, 0.29) is 30.8 Å². The number of benzene rings is 1. The fourth-order valence-corrected chi connectivity index (χ4v) is 1.44. The van der Waals surface area contributed by atoms with Crippen molar-refractivity contribution in [2.24, 2.45) is 0 Å². The van der Waals surface area contributed by atoms with Crippen molar-refractivity contribution in [1.29, 1.82) is 0 Å². The maximum Gasteiger partial charge on any atom is 0.311 e. The first kappa shape index (κ1) is 13.4. The topological polar surface area (TPSA) is 92.8 Å². The number of hydrogen-bond acceptors (Lipinski definition) is 5. The molecule has 1 rings (SSSR count). The average molecular weight is 241 g/mol. The van der Waals surface area contributed by atoms with Crippen LogP contribution >= 0.6 is 0 Å². The average Bonchev–Trinajstić information content (AvgIpc) is 2.27. The molecule has 0 heterocycles. The van der Waals surface area contributed by atoms with Crippen molar-refractivity contribution in [2.75, 3.05) is 0 Å². The number of aliphatic hydroxyl groups is 2. The van der Waals surface area contributed by atoms with Gasteiger partial charge < -0.3 is 14.9 Å². The number of nitro groups is 1. The van der Waals surface area contributed by atoms with Crippen molar-refractivity contribution < 1.29 is 19.9 Å². The molecule has 1 aromatic carbocycles. The molecule has 6 nitrogen and oxygen atoms in total. The van der Waals surface area contributed by atoms with Gasteiger partial charge in [-0.15, -0.1) is 0 Å². The molecular formula is C11H15NO5. The summed E-state index contributed by atoms with van der Waals surface area (Å²) >= 11 is 0. The first-order valence-electron chi connectivity index (χ1n) is 5.18. The van der Waals surface area contributed by atoms with Crippen molar-refractivity contribution in [3.8, 4) is 5.75 Å². The molecule has 0 aliphatic carbocycles. The summed E-state index contributed by atoms with van der Waals surface area (Å²) in [6, 6.07) is 2.62. The Bertz CT molecular complexity index is 417. The van der Waals surface area contributed by atoms with Gasteiger partial charge in [-0.1, -0.05) is 0 Å². The lowest BCUT2D eigenvalue weighted by Gasteiger charge is -2.13. The van der Waals surface area contributed by atoms with Gasteiger partial charge in [0.1, 0.15) is 0 Å². The van der Waals surface area contributed by atoms with E-state index in [1.165, 1.54) is 12.1 Å². The second-order valence-corrected chi connectivity index (χ2v) is 3.83. The molecule has 1 aromatic rings. The predicted octanol–water partition coefficient (Wildman–Crippen LogP) is 1.37. The monoisotopic (exact) mass is 241 g/mol. The fourth-order valence-electron chi connectivity index (χ4n) is 1.44. The molecule has 2 N–H and O–H groups in total. The normalized spacial score (nSPS) is 10.6. The third-order valence-corrected chi connectivity index (χ3v) is 2.18. The lowest BCUT2D eigenvalue weighted by atomic mass is 10.1. The molecule has 0 aliphatic heterocycles.